The number of hydrogen-bond acceptors (Lipinski definition) is 3. The fourth-order valence-electron chi connectivity index (χ4n) is 3.34. The van der Waals surface area contributed by atoms with E-state index in [1.165, 1.54) is 17.8 Å². The molecule has 0 N–H and O–H groups in total. The summed E-state index contributed by atoms with van der Waals surface area (Å²) in [4.78, 5) is 4.78. The van der Waals surface area contributed by atoms with Crippen LogP contribution in [-0.4, -0.2) is 26.2 Å². The topological polar surface area (TPSA) is 30.3 Å². The van der Waals surface area contributed by atoms with Gasteiger partial charge in [-0.05, 0) is 31.4 Å². The van der Waals surface area contributed by atoms with Crippen molar-refractivity contribution in [3.63, 3.8) is 0 Å². The lowest BCUT2D eigenvalue weighted by molar-refractivity contribution is 0.525. The number of hydrogen-bond donors (Lipinski definition) is 0. The summed E-state index contributed by atoms with van der Waals surface area (Å²) >= 11 is 0. The molecule has 0 amide bonds. The van der Waals surface area contributed by atoms with Crippen LogP contribution >= 0.6 is 0 Å². The number of anilines is 2. The van der Waals surface area contributed by atoms with Crippen LogP contribution < -0.4 is 9.80 Å². The number of fused-ring (bicyclic) bond motifs is 1. The SMILES string of the molecule is CN1CCN(C2CCCC2C#N)c2ccccc21. The number of nitriles is 1. The summed E-state index contributed by atoms with van der Waals surface area (Å²) in [5.74, 6) is 0.210. The molecule has 3 heteroatoms. The lowest BCUT2D eigenvalue weighted by atomic mass is 10.0. The van der Waals surface area contributed by atoms with Gasteiger partial charge >= 0.3 is 0 Å². The molecule has 2 aliphatic rings. The number of rotatable bonds is 1. The van der Waals surface area contributed by atoms with Crippen molar-refractivity contribution in [2.45, 2.75) is 25.3 Å². The number of nitrogens with zero attached hydrogens (tertiary/aromatic N) is 3. The first kappa shape index (κ1) is 11.4. The van der Waals surface area contributed by atoms with Crippen molar-refractivity contribution in [3.8, 4) is 6.07 Å². The van der Waals surface area contributed by atoms with Crippen molar-refractivity contribution in [3.05, 3.63) is 24.3 Å². The van der Waals surface area contributed by atoms with Crippen molar-refractivity contribution in [1.82, 2.24) is 0 Å². The van der Waals surface area contributed by atoms with E-state index in [9.17, 15) is 5.26 Å². The van der Waals surface area contributed by atoms with E-state index in [-0.39, 0.29) is 5.92 Å². The van der Waals surface area contributed by atoms with E-state index in [2.05, 4.69) is 47.2 Å². The Labute approximate surface area is 109 Å². The average molecular weight is 241 g/mol. The second-order valence-electron chi connectivity index (χ2n) is 5.34. The molecule has 18 heavy (non-hydrogen) atoms. The lowest BCUT2D eigenvalue weighted by Crippen LogP contribution is -2.46. The van der Waals surface area contributed by atoms with E-state index >= 15 is 0 Å². The fraction of sp³-hybridized carbons (Fsp3) is 0.533. The fourth-order valence-corrected chi connectivity index (χ4v) is 3.34. The lowest BCUT2D eigenvalue weighted by Gasteiger charge is -2.41. The molecule has 0 radical (unpaired) electrons. The second kappa shape index (κ2) is 4.53. The Morgan fingerprint density at radius 1 is 1.17 bits per heavy atom. The first-order valence-electron chi connectivity index (χ1n) is 6.77. The van der Waals surface area contributed by atoms with Crippen LogP contribution in [0.25, 0.3) is 0 Å². The molecular weight excluding hydrogens is 222 g/mol. The zero-order chi connectivity index (χ0) is 12.5. The number of likely N-dealkylation sites (N-methyl/N-ethyl adjacent to an activating group) is 1. The Kier molecular flexibility index (Phi) is 2.87. The van der Waals surface area contributed by atoms with Gasteiger partial charge in [0, 0.05) is 26.2 Å². The Balaban J connectivity index is 1.95. The third-order valence-corrected chi connectivity index (χ3v) is 4.32. The Hall–Kier alpha value is -1.69. The Morgan fingerprint density at radius 2 is 1.94 bits per heavy atom. The summed E-state index contributed by atoms with van der Waals surface area (Å²) in [5, 5.41) is 9.28. The number of benzene rings is 1. The normalized spacial score (nSPS) is 26.9. The molecular formula is C15H19N3. The summed E-state index contributed by atoms with van der Waals surface area (Å²) in [5.41, 5.74) is 2.60. The van der Waals surface area contributed by atoms with Gasteiger partial charge in [-0.15, -0.1) is 0 Å². The molecule has 3 nitrogen and oxygen atoms in total. The summed E-state index contributed by atoms with van der Waals surface area (Å²) in [6.45, 7) is 2.09. The van der Waals surface area contributed by atoms with Crippen molar-refractivity contribution < 1.29 is 0 Å². The van der Waals surface area contributed by atoms with Crippen molar-refractivity contribution in [1.29, 1.82) is 5.26 Å². The highest BCUT2D eigenvalue weighted by atomic mass is 15.3. The largest absolute Gasteiger partial charge is 0.371 e. The van der Waals surface area contributed by atoms with Crippen LogP contribution in [-0.2, 0) is 0 Å². The molecule has 1 saturated carbocycles. The molecule has 1 aromatic rings. The molecule has 1 aromatic carbocycles. The highest BCUT2D eigenvalue weighted by molar-refractivity contribution is 5.73. The second-order valence-corrected chi connectivity index (χ2v) is 5.34. The van der Waals surface area contributed by atoms with Crippen LogP contribution in [0.3, 0.4) is 0 Å². The van der Waals surface area contributed by atoms with Crippen LogP contribution in [0.15, 0.2) is 24.3 Å². The molecule has 0 spiro atoms. The molecule has 3 rings (SSSR count). The van der Waals surface area contributed by atoms with Crippen LogP contribution in [0.5, 0.6) is 0 Å². The van der Waals surface area contributed by atoms with Gasteiger partial charge in [0.15, 0.2) is 0 Å². The molecule has 1 aliphatic carbocycles. The van der Waals surface area contributed by atoms with Crippen LogP contribution in [0.2, 0.25) is 0 Å². The minimum Gasteiger partial charge on any atom is -0.371 e. The quantitative estimate of drug-likeness (QED) is 0.757. The monoisotopic (exact) mass is 241 g/mol. The molecule has 0 saturated heterocycles. The van der Waals surface area contributed by atoms with Gasteiger partial charge < -0.3 is 9.80 Å². The molecule has 1 heterocycles. The van der Waals surface area contributed by atoms with E-state index in [1.54, 1.807) is 0 Å². The first-order valence-corrected chi connectivity index (χ1v) is 6.77. The standard InChI is InChI=1S/C15H19N3/c1-17-9-10-18(13-8-4-5-12(13)11-16)15-7-3-2-6-14(15)17/h2-3,6-7,12-13H,4-5,8-10H2,1H3. The minimum atomic E-state index is 0.210. The smallest absolute Gasteiger partial charge is 0.0677 e. The predicted molar refractivity (Wildman–Crippen MR) is 73.8 cm³/mol. The molecule has 1 aliphatic heterocycles. The van der Waals surface area contributed by atoms with Crippen LogP contribution in [0.1, 0.15) is 19.3 Å². The minimum absolute atomic E-state index is 0.210. The van der Waals surface area contributed by atoms with Gasteiger partial charge in [0.2, 0.25) is 0 Å². The maximum Gasteiger partial charge on any atom is 0.0677 e. The van der Waals surface area contributed by atoms with E-state index in [1.807, 2.05) is 0 Å². The Bertz CT molecular complexity index is 477. The van der Waals surface area contributed by atoms with Gasteiger partial charge in [-0.25, -0.2) is 0 Å². The van der Waals surface area contributed by atoms with Crippen molar-refractivity contribution in [2.75, 3.05) is 29.9 Å². The summed E-state index contributed by atoms with van der Waals surface area (Å²) < 4.78 is 0. The number of para-hydroxylation sites is 2. The van der Waals surface area contributed by atoms with Gasteiger partial charge in [0.25, 0.3) is 0 Å². The Morgan fingerprint density at radius 3 is 2.72 bits per heavy atom. The summed E-state index contributed by atoms with van der Waals surface area (Å²) in [6.07, 6.45) is 3.42. The molecule has 1 fully saturated rings. The van der Waals surface area contributed by atoms with E-state index in [0.29, 0.717) is 6.04 Å². The van der Waals surface area contributed by atoms with E-state index in [4.69, 9.17) is 0 Å². The van der Waals surface area contributed by atoms with Crippen LogP contribution in [0, 0.1) is 17.2 Å². The molecule has 94 valence electrons. The van der Waals surface area contributed by atoms with Gasteiger partial charge in [-0.3, -0.25) is 0 Å². The van der Waals surface area contributed by atoms with Gasteiger partial charge in [-0.1, -0.05) is 12.1 Å². The van der Waals surface area contributed by atoms with Crippen LogP contribution in [0.4, 0.5) is 11.4 Å². The molecule has 2 atom stereocenters. The maximum atomic E-state index is 9.28. The van der Waals surface area contributed by atoms with E-state index in [0.717, 1.165) is 25.9 Å². The van der Waals surface area contributed by atoms with Crippen molar-refractivity contribution >= 4 is 11.4 Å². The van der Waals surface area contributed by atoms with Crippen molar-refractivity contribution in [2.24, 2.45) is 5.92 Å². The summed E-state index contributed by atoms with van der Waals surface area (Å²) in [6, 6.07) is 11.5. The average Bonchev–Trinajstić information content (AvgIpc) is 2.88. The summed E-state index contributed by atoms with van der Waals surface area (Å²) in [7, 11) is 2.15. The zero-order valence-corrected chi connectivity index (χ0v) is 10.8. The first-order chi connectivity index (χ1) is 8.81. The van der Waals surface area contributed by atoms with E-state index < -0.39 is 0 Å². The molecule has 0 bridgehead atoms. The maximum absolute atomic E-state index is 9.28. The third kappa shape index (κ3) is 1.73. The predicted octanol–water partition coefficient (Wildman–Crippen LogP) is 2.64. The highest BCUT2D eigenvalue weighted by Gasteiger charge is 2.34. The molecule has 0 aromatic heterocycles. The third-order valence-electron chi connectivity index (χ3n) is 4.32. The molecule has 2 unspecified atom stereocenters. The van der Waals surface area contributed by atoms with Gasteiger partial charge in [-0.2, -0.15) is 5.26 Å². The van der Waals surface area contributed by atoms with Gasteiger partial charge in [0.05, 0.1) is 23.4 Å². The van der Waals surface area contributed by atoms with Gasteiger partial charge in [0.1, 0.15) is 0 Å². The highest BCUT2D eigenvalue weighted by Crippen LogP contribution is 2.38. The zero-order valence-electron chi connectivity index (χ0n) is 10.8.